The summed E-state index contributed by atoms with van der Waals surface area (Å²) in [6, 6.07) is 1.01. The van der Waals surface area contributed by atoms with Crippen molar-refractivity contribution in [2.45, 2.75) is 18.3 Å². The molecule has 19 heavy (non-hydrogen) atoms. The third-order valence-electron chi connectivity index (χ3n) is 3.07. The minimum Gasteiger partial charge on any atom is -0.480 e. The molecule has 0 spiro atoms. The van der Waals surface area contributed by atoms with Crippen LogP contribution in [0.5, 0.6) is 0 Å². The van der Waals surface area contributed by atoms with Gasteiger partial charge in [-0.2, -0.15) is 0 Å². The van der Waals surface area contributed by atoms with Crippen molar-refractivity contribution < 1.29 is 27.9 Å². The van der Waals surface area contributed by atoms with Crippen molar-refractivity contribution in [2.75, 3.05) is 6.54 Å². The van der Waals surface area contributed by atoms with Crippen LogP contribution in [0.1, 0.15) is 18.4 Å². The minimum absolute atomic E-state index is 0.192. The van der Waals surface area contributed by atoms with Gasteiger partial charge in [0, 0.05) is 17.7 Å². The molecule has 102 valence electrons. The second-order valence-corrected chi connectivity index (χ2v) is 4.40. The third kappa shape index (κ3) is 2.40. The number of carbonyl (C=O) groups excluding carboxylic acids is 1. The second-order valence-electron chi connectivity index (χ2n) is 4.40. The van der Waals surface area contributed by atoms with Gasteiger partial charge in [-0.15, -0.1) is 0 Å². The van der Waals surface area contributed by atoms with Crippen LogP contribution in [0.2, 0.25) is 0 Å². The Morgan fingerprint density at radius 1 is 1.21 bits per heavy atom. The molecule has 0 aromatic heterocycles. The number of aliphatic carboxylic acids is 1. The molecule has 1 aromatic carbocycles. The van der Waals surface area contributed by atoms with Crippen LogP contribution in [-0.4, -0.2) is 23.5 Å². The number of amides is 1. The first-order chi connectivity index (χ1) is 8.86. The predicted octanol–water partition coefficient (Wildman–Crippen LogP) is 1.34. The summed E-state index contributed by atoms with van der Waals surface area (Å²) in [5.41, 5.74) is -1.92. The topological polar surface area (TPSA) is 66.4 Å². The number of benzene rings is 1. The lowest BCUT2D eigenvalue weighted by Crippen LogP contribution is -2.38. The molecule has 0 bridgehead atoms. The molecule has 1 amide bonds. The van der Waals surface area contributed by atoms with E-state index >= 15 is 0 Å². The molecule has 1 aliphatic carbocycles. The van der Waals surface area contributed by atoms with E-state index in [1.54, 1.807) is 0 Å². The Balaban J connectivity index is 2.31. The Morgan fingerprint density at radius 3 is 2.16 bits per heavy atom. The smallest absolute Gasteiger partial charge is 0.322 e. The summed E-state index contributed by atoms with van der Waals surface area (Å²) in [4.78, 5) is 22.2. The fraction of sp³-hybridized carbons (Fsp3) is 0.333. The minimum atomic E-state index is -1.42. The molecule has 1 aromatic rings. The highest BCUT2D eigenvalue weighted by atomic mass is 19.1. The normalized spacial score (nSPS) is 15.9. The number of carboxylic acids is 1. The van der Waals surface area contributed by atoms with Gasteiger partial charge in [-0.1, -0.05) is 0 Å². The molecule has 0 radical (unpaired) electrons. The summed E-state index contributed by atoms with van der Waals surface area (Å²) in [5.74, 6) is -5.37. The Kier molecular flexibility index (Phi) is 3.21. The number of hydrogen-bond acceptors (Lipinski definition) is 2. The molecule has 0 atom stereocenters. The zero-order chi connectivity index (χ0) is 14.2. The first kappa shape index (κ1) is 13.4. The lowest BCUT2D eigenvalue weighted by molar-refractivity contribution is -0.138. The van der Waals surface area contributed by atoms with E-state index in [4.69, 9.17) is 5.11 Å². The maximum absolute atomic E-state index is 13.6. The molecule has 4 nitrogen and oxygen atoms in total. The molecule has 7 heteroatoms. The molecule has 0 aliphatic heterocycles. The summed E-state index contributed by atoms with van der Waals surface area (Å²) in [6.45, 7) is -0.634. The first-order valence-electron chi connectivity index (χ1n) is 5.52. The standard InChI is InChI=1S/C12H10F3NO3/c13-6-3-7(14)10(8(15)4-6)12(1-2-12)11(19)16-5-9(17)18/h3-4H,1-2,5H2,(H,16,19)(H,17,18). The highest BCUT2D eigenvalue weighted by Crippen LogP contribution is 2.50. The Morgan fingerprint density at radius 2 is 1.74 bits per heavy atom. The van der Waals surface area contributed by atoms with Gasteiger partial charge in [0.05, 0.1) is 5.41 Å². The van der Waals surface area contributed by atoms with Gasteiger partial charge in [0.15, 0.2) is 0 Å². The SMILES string of the molecule is O=C(O)CNC(=O)C1(c2c(F)cc(F)cc2F)CC1. The number of rotatable bonds is 4. The van der Waals surface area contributed by atoms with E-state index < -0.39 is 46.9 Å². The van der Waals surface area contributed by atoms with Crippen LogP contribution in [0, 0.1) is 17.5 Å². The van der Waals surface area contributed by atoms with Crippen LogP contribution in [0.4, 0.5) is 13.2 Å². The molecule has 0 unspecified atom stereocenters. The number of nitrogens with one attached hydrogen (secondary N) is 1. The zero-order valence-corrected chi connectivity index (χ0v) is 9.67. The van der Waals surface area contributed by atoms with Gasteiger partial charge in [0.1, 0.15) is 24.0 Å². The summed E-state index contributed by atoms with van der Waals surface area (Å²) >= 11 is 0. The molecule has 0 saturated heterocycles. The molecule has 1 aliphatic rings. The zero-order valence-electron chi connectivity index (χ0n) is 9.67. The maximum atomic E-state index is 13.6. The molecule has 1 saturated carbocycles. The van der Waals surface area contributed by atoms with E-state index in [0.717, 1.165) is 0 Å². The van der Waals surface area contributed by atoms with Gasteiger partial charge in [-0.25, -0.2) is 13.2 Å². The fourth-order valence-electron chi connectivity index (χ4n) is 2.04. The Bertz CT molecular complexity index is 532. The van der Waals surface area contributed by atoms with Crippen LogP contribution < -0.4 is 5.32 Å². The van der Waals surface area contributed by atoms with E-state index in [0.29, 0.717) is 12.1 Å². The molecule has 2 rings (SSSR count). The van der Waals surface area contributed by atoms with Crippen LogP contribution in [0.15, 0.2) is 12.1 Å². The second kappa shape index (κ2) is 4.56. The van der Waals surface area contributed by atoms with E-state index in [2.05, 4.69) is 5.32 Å². The maximum Gasteiger partial charge on any atom is 0.322 e. The van der Waals surface area contributed by atoms with Gasteiger partial charge in [-0.05, 0) is 12.8 Å². The highest BCUT2D eigenvalue weighted by Gasteiger charge is 2.54. The molecular formula is C12H10F3NO3. The van der Waals surface area contributed by atoms with E-state index in [9.17, 15) is 22.8 Å². The van der Waals surface area contributed by atoms with Gasteiger partial charge in [0.2, 0.25) is 5.91 Å². The molecule has 1 fully saturated rings. The summed E-state index contributed by atoms with van der Waals surface area (Å²) in [7, 11) is 0. The van der Waals surface area contributed by atoms with Gasteiger partial charge < -0.3 is 10.4 Å². The summed E-state index contributed by atoms with van der Waals surface area (Å²) in [5, 5.41) is 10.5. The van der Waals surface area contributed by atoms with Gasteiger partial charge in [-0.3, -0.25) is 9.59 Å². The Hall–Kier alpha value is -2.05. The lowest BCUT2D eigenvalue weighted by Gasteiger charge is -2.16. The predicted molar refractivity (Wildman–Crippen MR) is 57.9 cm³/mol. The van der Waals surface area contributed by atoms with Crippen molar-refractivity contribution >= 4 is 11.9 Å². The monoisotopic (exact) mass is 273 g/mol. The van der Waals surface area contributed by atoms with E-state index in [1.165, 1.54) is 0 Å². The van der Waals surface area contributed by atoms with Crippen LogP contribution in [0.25, 0.3) is 0 Å². The highest BCUT2D eigenvalue weighted by molar-refractivity contribution is 5.93. The first-order valence-corrected chi connectivity index (χ1v) is 5.52. The van der Waals surface area contributed by atoms with Gasteiger partial charge >= 0.3 is 5.97 Å². The Labute approximate surface area is 106 Å². The molecular weight excluding hydrogens is 263 g/mol. The van der Waals surface area contributed by atoms with Crippen LogP contribution >= 0.6 is 0 Å². The van der Waals surface area contributed by atoms with Crippen LogP contribution in [0.3, 0.4) is 0 Å². The summed E-state index contributed by atoms with van der Waals surface area (Å²) < 4.78 is 40.1. The number of hydrogen-bond donors (Lipinski definition) is 2. The number of carboxylic acid groups (broad SMARTS) is 1. The lowest BCUT2D eigenvalue weighted by atomic mass is 9.93. The average molecular weight is 273 g/mol. The van der Waals surface area contributed by atoms with Crippen LogP contribution in [-0.2, 0) is 15.0 Å². The van der Waals surface area contributed by atoms with Crippen molar-refractivity contribution in [3.8, 4) is 0 Å². The van der Waals surface area contributed by atoms with Gasteiger partial charge in [0.25, 0.3) is 0 Å². The summed E-state index contributed by atoms with van der Waals surface area (Å²) in [6.07, 6.45) is 0.385. The van der Waals surface area contributed by atoms with Crippen molar-refractivity contribution in [3.63, 3.8) is 0 Å². The van der Waals surface area contributed by atoms with E-state index in [1.807, 2.05) is 0 Å². The fourth-order valence-corrected chi connectivity index (χ4v) is 2.04. The largest absolute Gasteiger partial charge is 0.480 e. The third-order valence-corrected chi connectivity index (χ3v) is 3.07. The van der Waals surface area contributed by atoms with E-state index in [-0.39, 0.29) is 12.8 Å². The molecule has 0 heterocycles. The molecule has 2 N–H and O–H groups in total. The quantitative estimate of drug-likeness (QED) is 0.870. The van der Waals surface area contributed by atoms with Crippen molar-refractivity contribution in [1.82, 2.24) is 5.32 Å². The van der Waals surface area contributed by atoms with Crippen molar-refractivity contribution in [1.29, 1.82) is 0 Å². The van der Waals surface area contributed by atoms with Crippen molar-refractivity contribution in [3.05, 3.63) is 35.1 Å². The average Bonchev–Trinajstić information content (AvgIpc) is 3.05. The number of halogens is 3. The van der Waals surface area contributed by atoms with Crippen molar-refractivity contribution in [2.24, 2.45) is 0 Å². The number of carbonyl (C=O) groups is 2.